The summed E-state index contributed by atoms with van der Waals surface area (Å²) in [6.07, 6.45) is 0. The Balaban J connectivity index is 1.83. The first-order valence-corrected chi connectivity index (χ1v) is 11.7. The number of hydrogen-bond acceptors (Lipinski definition) is 6. The van der Waals surface area contributed by atoms with E-state index in [1.54, 1.807) is 43.5 Å². The van der Waals surface area contributed by atoms with Gasteiger partial charge in [0.05, 0.1) is 37.5 Å². The monoisotopic (exact) mass is 507 g/mol. The molecule has 0 aliphatic carbocycles. The van der Waals surface area contributed by atoms with Crippen LogP contribution in [-0.2, 0) is 16.1 Å². The number of methoxy groups -OCH3 is 2. The van der Waals surface area contributed by atoms with Crippen LogP contribution in [0, 0.1) is 0 Å². The summed E-state index contributed by atoms with van der Waals surface area (Å²) in [5, 5.41) is 11.5. The van der Waals surface area contributed by atoms with E-state index in [2.05, 4.69) is 0 Å². The molecular formula is C28H26ClNO6. The smallest absolute Gasteiger partial charge is 0.295 e. The van der Waals surface area contributed by atoms with Gasteiger partial charge < -0.3 is 24.2 Å². The van der Waals surface area contributed by atoms with Crippen molar-refractivity contribution in [3.8, 4) is 17.2 Å². The fraction of sp³-hybridized carbons (Fsp3) is 0.214. The number of halogens is 1. The minimum absolute atomic E-state index is 0.0498. The zero-order valence-corrected chi connectivity index (χ0v) is 20.9. The van der Waals surface area contributed by atoms with Crippen LogP contribution < -0.4 is 14.2 Å². The van der Waals surface area contributed by atoms with Gasteiger partial charge in [0.1, 0.15) is 23.0 Å². The van der Waals surface area contributed by atoms with E-state index in [1.165, 1.54) is 18.1 Å². The van der Waals surface area contributed by atoms with Gasteiger partial charge >= 0.3 is 0 Å². The van der Waals surface area contributed by atoms with E-state index in [1.807, 2.05) is 31.2 Å². The summed E-state index contributed by atoms with van der Waals surface area (Å²) < 4.78 is 16.0. The minimum atomic E-state index is -0.843. The number of rotatable bonds is 8. The van der Waals surface area contributed by atoms with Crippen molar-refractivity contribution in [2.24, 2.45) is 0 Å². The normalized spacial score (nSPS) is 16.8. The van der Waals surface area contributed by atoms with E-state index in [0.29, 0.717) is 29.4 Å². The molecule has 186 valence electrons. The fourth-order valence-electron chi connectivity index (χ4n) is 4.19. The molecule has 3 aromatic carbocycles. The third kappa shape index (κ3) is 4.88. The number of carbonyl (C=O) groups excluding carboxylic acids is 2. The molecule has 0 saturated carbocycles. The van der Waals surface area contributed by atoms with Crippen LogP contribution >= 0.6 is 11.6 Å². The van der Waals surface area contributed by atoms with Crippen LogP contribution in [0.2, 0.25) is 5.02 Å². The molecule has 1 N–H and O–H groups in total. The van der Waals surface area contributed by atoms with Crippen LogP contribution in [0.25, 0.3) is 5.76 Å². The Kier molecular flexibility index (Phi) is 7.50. The van der Waals surface area contributed by atoms with Crippen molar-refractivity contribution in [2.45, 2.75) is 19.5 Å². The summed E-state index contributed by atoms with van der Waals surface area (Å²) in [6.45, 7) is 2.59. The SMILES string of the molecule is CCOc1ccc(CN2C(=O)C(=O)/C(=C(/O)c3cc(OC)ccc3Cl)C2c2ccc(OC)cc2)cc1. The Morgan fingerprint density at radius 1 is 0.917 bits per heavy atom. The minimum Gasteiger partial charge on any atom is -0.507 e. The first-order chi connectivity index (χ1) is 17.4. The lowest BCUT2D eigenvalue weighted by atomic mass is 9.95. The molecule has 36 heavy (non-hydrogen) atoms. The molecule has 1 aliphatic rings. The van der Waals surface area contributed by atoms with Crippen molar-refractivity contribution in [3.05, 3.63) is 94.0 Å². The van der Waals surface area contributed by atoms with E-state index in [0.717, 1.165) is 5.56 Å². The number of Topliss-reactive ketones (excluding diaryl/α,β-unsaturated/α-hetero) is 1. The molecule has 3 aromatic rings. The van der Waals surface area contributed by atoms with Gasteiger partial charge in [-0.1, -0.05) is 35.9 Å². The molecule has 0 bridgehead atoms. The number of nitrogens with zero attached hydrogens (tertiary/aromatic N) is 1. The van der Waals surface area contributed by atoms with Crippen LogP contribution in [0.5, 0.6) is 17.2 Å². The van der Waals surface area contributed by atoms with Gasteiger partial charge in [-0.05, 0) is 60.5 Å². The topological polar surface area (TPSA) is 85.3 Å². The molecule has 1 fully saturated rings. The van der Waals surface area contributed by atoms with E-state index in [-0.39, 0.29) is 28.5 Å². The number of benzene rings is 3. The third-order valence-corrected chi connectivity index (χ3v) is 6.32. The lowest BCUT2D eigenvalue weighted by Crippen LogP contribution is -2.29. The van der Waals surface area contributed by atoms with Crippen molar-refractivity contribution in [1.29, 1.82) is 0 Å². The van der Waals surface area contributed by atoms with Gasteiger partial charge in [-0.25, -0.2) is 0 Å². The molecule has 0 radical (unpaired) electrons. The van der Waals surface area contributed by atoms with E-state index in [9.17, 15) is 14.7 Å². The number of ether oxygens (including phenoxy) is 3. The molecule has 0 spiro atoms. The maximum Gasteiger partial charge on any atom is 0.295 e. The summed E-state index contributed by atoms with van der Waals surface area (Å²) >= 11 is 6.36. The number of carbonyl (C=O) groups is 2. The molecule has 1 heterocycles. The Hall–Kier alpha value is -3.97. The lowest BCUT2D eigenvalue weighted by Gasteiger charge is -2.26. The number of hydrogen-bond donors (Lipinski definition) is 1. The van der Waals surface area contributed by atoms with Gasteiger partial charge in [0.15, 0.2) is 0 Å². The van der Waals surface area contributed by atoms with Gasteiger partial charge in [-0.3, -0.25) is 9.59 Å². The highest BCUT2D eigenvalue weighted by Crippen LogP contribution is 2.42. The zero-order chi connectivity index (χ0) is 25.8. The highest BCUT2D eigenvalue weighted by atomic mass is 35.5. The van der Waals surface area contributed by atoms with Crippen molar-refractivity contribution >= 4 is 29.1 Å². The van der Waals surface area contributed by atoms with Crippen molar-refractivity contribution in [3.63, 3.8) is 0 Å². The molecule has 7 nitrogen and oxygen atoms in total. The lowest BCUT2D eigenvalue weighted by molar-refractivity contribution is -0.140. The fourth-order valence-corrected chi connectivity index (χ4v) is 4.40. The molecule has 0 aromatic heterocycles. The molecule has 1 saturated heterocycles. The average molecular weight is 508 g/mol. The van der Waals surface area contributed by atoms with Gasteiger partial charge in [0.25, 0.3) is 11.7 Å². The molecule has 1 atom stereocenters. The molecule has 8 heteroatoms. The Bertz CT molecular complexity index is 1300. The molecule has 1 amide bonds. The van der Waals surface area contributed by atoms with Gasteiger partial charge in [-0.2, -0.15) is 0 Å². The van der Waals surface area contributed by atoms with Crippen molar-refractivity contribution in [1.82, 2.24) is 4.90 Å². The quantitative estimate of drug-likeness (QED) is 0.250. The number of aliphatic hydroxyl groups excluding tert-OH is 1. The standard InChI is InChI=1S/C28H26ClNO6/c1-4-36-20-9-5-17(6-10-20)16-30-25(18-7-11-19(34-2)12-8-18)24(27(32)28(30)33)26(31)22-15-21(35-3)13-14-23(22)29/h5-15,25,31H,4,16H2,1-3H3/b26-24+. The van der Waals surface area contributed by atoms with Crippen LogP contribution in [0.4, 0.5) is 0 Å². The van der Waals surface area contributed by atoms with Crippen molar-refractivity contribution < 1.29 is 28.9 Å². The van der Waals surface area contributed by atoms with Crippen molar-refractivity contribution in [2.75, 3.05) is 20.8 Å². The highest BCUT2D eigenvalue weighted by Gasteiger charge is 2.46. The second-order valence-corrected chi connectivity index (χ2v) is 8.53. The Morgan fingerprint density at radius 3 is 2.14 bits per heavy atom. The maximum atomic E-state index is 13.3. The summed E-state index contributed by atoms with van der Waals surface area (Å²) in [6, 6.07) is 18.2. The Morgan fingerprint density at radius 2 is 1.53 bits per heavy atom. The predicted molar refractivity (Wildman–Crippen MR) is 136 cm³/mol. The van der Waals surface area contributed by atoms with Crippen LogP contribution in [-0.4, -0.2) is 42.5 Å². The van der Waals surface area contributed by atoms with E-state index >= 15 is 0 Å². The molecule has 4 rings (SSSR count). The van der Waals surface area contributed by atoms with E-state index < -0.39 is 17.7 Å². The van der Waals surface area contributed by atoms with Crippen LogP contribution in [0.3, 0.4) is 0 Å². The second kappa shape index (κ2) is 10.7. The molecule has 1 unspecified atom stereocenters. The molecule has 1 aliphatic heterocycles. The summed E-state index contributed by atoms with van der Waals surface area (Å²) in [7, 11) is 3.04. The Labute approximate surface area is 214 Å². The third-order valence-electron chi connectivity index (χ3n) is 5.99. The first-order valence-electron chi connectivity index (χ1n) is 11.4. The van der Waals surface area contributed by atoms with Gasteiger partial charge in [-0.15, -0.1) is 0 Å². The predicted octanol–water partition coefficient (Wildman–Crippen LogP) is 5.38. The largest absolute Gasteiger partial charge is 0.507 e. The maximum absolute atomic E-state index is 13.3. The van der Waals surface area contributed by atoms with E-state index in [4.69, 9.17) is 25.8 Å². The number of amides is 1. The number of likely N-dealkylation sites (tertiary alicyclic amines) is 1. The number of aliphatic hydroxyl groups is 1. The van der Waals surface area contributed by atoms with Gasteiger partial charge in [0.2, 0.25) is 0 Å². The van der Waals surface area contributed by atoms with Crippen LogP contribution in [0.1, 0.15) is 29.7 Å². The highest BCUT2D eigenvalue weighted by molar-refractivity contribution is 6.47. The number of ketones is 1. The van der Waals surface area contributed by atoms with Crippen LogP contribution in [0.15, 0.2) is 72.3 Å². The van der Waals surface area contributed by atoms with Gasteiger partial charge in [0, 0.05) is 12.1 Å². The first kappa shape index (κ1) is 25.1. The second-order valence-electron chi connectivity index (χ2n) is 8.12. The average Bonchev–Trinajstić information content (AvgIpc) is 3.15. The summed E-state index contributed by atoms with van der Waals surface area (Å²) in [4.78, 5) is 28.0. The molecular weight excluding hydrogens is 482 g/mol. The summed E-state index contributed by atoms with van der Waals surface area (Å²) in [5.74, 6) is -0.0954. The zero-order valence-electron chi connectivity index (χ0n) is 20.2. The summed E-state index contributed by atoms with van der Waals surface area (Å²) in [5.41, 5.74) is 1.60.